The summed E-state index contributed by atoms with van der Waals surface area (Å²) < 4.78 is 7.48. The highest BCUT2D eigenvalue weighted by Gasteiger charge is 2.10. The zero-order valence-corrected chi connectivity index (χ0v) is 15.2. The van der Waals surface area contributed by atoms with Gasteiger partial charge in [0.2, 0.25) is 0 Å². The van der Waals surface area contributed by atoms with Crippen molar-refractivity contribution in [2.45, 2.75) is 6.61 Å². The first-order valence-corrected chi connectivity index (χ1v) is 9.33. The molecule has 2 heterocycles. The van der Waals surface area contributed by atoms with E-state index in [-0.39, 0.29) is 5.91 Å². The maximum absolute atomic E-state index is 12.5. The van der Waals surface area contributed by atoms with Gasteiger partial charge in [-0.05, 0) is 41.8 Å². The van der Waals surface area contributed by atoms with Gasteiger partial charge < -0.3 is 10.1 Å². The van der Waals surface area contributed by atoms with E-state index in [4.69, 9.17) is 4.74 Å². The van der Waals surface area contributed by atoms with Crippen LogP contribution in [0.25, 0.3) is 5.69 Å². The highest BCUT2D eigenvalue weighted by molar-refractivity contribution is 7.09. The number of ether oxygens (including phenoxy) is 1. The van der Waals surface area contributed by atoms with Crippen molar-refractivity contribution in [3.8, 4) is 11.4 Å². The second kappa shape index (κ2) is 7.88. The highest BCUT2D eigenvalue weighted by atomic mass is 32.1. The molecule has 0 saturated carbocycles. The van der Waals surface area contributed by atoms with Gasteiger partial charge in [-0.1, -0.05) is 30.3 Å². The summed E-state index contributed by atoms with van der Waals surface area (Å²) in [5.74, 6) is 0.925. The van der Waals surface area contributed by atoms with Crippen LogP contribution >= 0.6 is 11.3 Å². The van der Waals surface area contributed by atoms with E-state index in [2.05, 4.69) is 10.4 Å². The topological polar surface area (TPSA) is 56.2 Å². The molecule has 0 aliphatic heterocycles. The average Bonchev–Trinajstić information content (AvgIpc) is 3.39. The number of para-hydroxylation sites is 1. The summed E-state index contributed by atoms with van der Waals surface area (Å²) in [5.41, 5.74) is 1.45. The van der Waals surface area contributed by atoms with Crippen molar-refractivity contribution in [2.24, 2.45) is 0 Å². The Hall–Kier alpha value is -3.38. The van der Waals surface area contributed by atoms with Crippen LogP contribution in [0.5, 0.6) is 5.75 Å². The number of rotatable bonds is 6. The van der Waals surface area contributed by atoms with Gasteiger partial charge in [0, 0.05) is 22.7 Å². The van der Waals surface area contributed by atoms with Gasteiger partial charge in [-0.15, -0.1) is 11.3 Å². The number of carbonyl (C=O) groups excluding carboxylic acids is 1. The van der Waals surface area contributed by atoms with Crippen LogP contribution < -0.4 is 10.1 Å². The Balaban J connectivity index is 1.42. The lowest BCUT2D eigenvalue weighted by molar-refractivity contribution is 0.102. The summed E-state index contributed by atoms with van der Waals surface area (Å²) in [6.45, 7) is 0.490. The number of thiophene rings is 1. The standard InChI is InChI=1S/C21H17N3O2S/c25-21(22-20-11-12-24(23-20)17-7-2-1-3-8-17)16-6-4-9-18(14-16)26-15-19-10-5-13-27-19/h1-14H,15H2,(H,22,23,25). The smallest absolute Gasteiger partial charge is 0.256 e. The Morgan fingerprint density at radius 2 is 1.93 bits per heavy atom. The third-order valence-electron chi connectivity index (χ3n) is 3.91. The van der Waals surface area contributed by atoms with E-state index in [1.807, 2.05) is 60.1 Å². The number of hydrogen-bond donors (Lipinski definition) is 1. The molecule has 0 aliphatic rings. The zero-order chi connectivity index (χ0) is 18.5. The average molecular weight is 375 g/mol. The van der Waals surface area contributed by atoms with Crippen molar-refractivity contribution in [1.82, 2.24) is 9.78 Å². The fourth-order valence-corrected chi connectivity index (χ4v) is 3.20. The van der Waals surface area contributed by atoms with Crippen LogP contribution in [-0.2, 0) is 6.61 Å². The van der Waals surface area contributed by atoms with Gasteiger partial charge in [0.05, 0.1) is 5.69 Å². The predicted molar refractivity (Wildman–Crippen MR) is 107 cm³/mol. The van der Waals surface area contributed by atoms with Gasteiger partial charge in [0.25, 0.3) is 5.91 Å². The maximum atomic E-state index is 12.5. The number of nitrogens with zero attached hydrogens (tertiary/aromatic N) is 2. The molecule has 0 saturated heterocycles. The van der Waals surface area contributed by atoms with E-state index in [0.29, 0.717) is 23.7 Å². The van der Waals surface area contributed by atoms with E-state index >= 15 is 0 Å². The first-order valence-electron chi connectivity index (χ1n) is 8.46. The van der Waals surface area contributed by atoms with Crippen molar-refractivity contribution in [1.29, 1.82) is 0 Å². The van der Waals surface area contributed by atoms with Gasteiger partial charge in [0.1, 0.15) is 12.4 Å². The zero-order valence-electron chi connectivity index (χ0n) is 14.4. The molecule has 0 aliphatic carbocycles. The number of benzene rings is 2. The van der Waals surface area contributed by atoms with Crippen molar-refractivity contribution in [2.75, 3.05) is 5.32 Å². The first kappa shape index (κ1) is 17.1. The van der Waals surface area contributed by atoms with Crippen LogP contribution in [0.1, 0.15) is 15.2 Å². The lowest BCUT2D eigenvalue weighted by Crippen LogP contribution is -2.12. The lowest BCUT2D eigenvalue weighted by Gasteiger charge is -2.07. The predicted octanol–water partition coefficient (Wildman–Crippen LogP) is 4.77. The summed E-state index contributed by atoms with van der Waals surface area (Å²) >= 11 is 1.64. The Labute approximate surface area is 160 Å². The molecule has 4 rings (SSSR count). The third kappa shape index (κ3) is 4.24. The molecule has 134 valence electrons. The highest BCUT2D eigenvalue weighted by Crippen LogP contribution is 2.18. The van der Waals surface area contributed by atoms with E-state index in [1.54, 1.807) is 40.3 Å². The van der Waals surface area contributed by atoms with Gasteiger partial charge in [-0.2, -0.15) is 5.10 Å². The minimum absolute atomic E-state index is 0.227. The molecule has 0 radical (unpaired) electrons. The SMILES string of the molecule is O=C(Nc1ccn(-c2ccccc2)n1)c1cccc(OCc2cccs2)c1. The van der Waals surface area contributed by atoms with Crippen LogP contribution in [0, 0.1) is 0 Å². The summed E-state index contributed by atoms with van der Waals surface area (Å²) in [6, 6.07) is 22.6. The molecule has 0 fully saturated rings. The van der Waals surface area contributed by atoms with E-state index in [9.17, 15) is 4.79 Å². The largest absolute Gasteiger partial charge is 0.488 e. The molecule has 2 aromatic carbocycles. The number of hydrogen-bond acceptors (Lipinski definition) is 4. The van der Waals surface area contributed by atoms with Crippen molar-refractivity contribution >= 4 is 23.1 Å². The normalized spacial score (nSPS) is 10.5. The molecule has 0 bridgehead atoms. The maximum Gasteiger partial charge on any atom is 0.256 e. The molecule has 1 N–H and O–H groups in total. The van der Waals surface area contributed by atoms with Gasteiger partial charge in [-0.3, -0.25) is 4.79 Å². The Kier molecular flexibility index (Phi) is 4.98. The van der Waals surface area contributed by atoms with Crippen LogP contribution in [-0.4, -0.2) is 15.7 Å². The number of aromatic nitrogens is 2. The van der Waals surface area contributed by atoms with Crippen LogP contribution in [0.15, 0.2) is 84.4 Å². The number of amides is 1. The molecule has 5 nitrogen and oxygen atoms in total. The molecule has 4 aromatic rings. The monoisotopic (exact) mass is 375 g/mol. The van der Waals surface area contributed by atoms with E-state index < -0.39 is 0 Å². The Bertz CT molecular complexity index is 1030. The molecule has 27 heavy (non-hydrogen) atoms. The van der Waals surface area contributed by atoms with Crippen molar-refractivity contribution in [3.63, 3.8) is 0 Å². The second-order valence-electron chi connectivity index (χ2n) is 5.83. The summed E-state index contributed by atoms with van der Waals surface area (Å²) in [5, 5.41) is 9.23. The third-order valence-corrected chi connectivity index (χ3v) is 4.76. The van der Waals surface area contributed by atoms with Crippen LogP contribution in [0.4, 0.5) is 5.82 Å². The quantitative estimate of drug-likeness (QED) is 0.528. The van der Waals surface area contributed by atoms with E-state index in [1.165, 1.54) is 0 Å². The number of anilines is 1. The van der Waals surface area contributed by atoms with Gasteiger partial charge in [0.15, 0.2) is 5.82 Å². The fourth-order valence-electron chi connectivity index (χ4n) is 2.58. The Morgan fingerprint density at radius 3 is 2.74 bits per heavy atom. The molecule has 6 heteroatoms. The minimum atomic E-state index is -0.227. The summed E-state index contributed by atoms with van der Waals surface area (Å²) in [6.07, 6.45) is 1.81. The lowest BCUT2D eigenvalue weighted by atomic mass is 10.2. The van der Waals surface area contributed by atoms with Crippen LogP contribution in [0.3, 0.4) is 0 Å². The van der Waals surface area contributed by atoms with Gasteiger partial charge >= 0.3 is 0 Å². The second-order valence-corrected chi connectivity index (χ2v) is 6.86. The number of carbonyl (C=O) groups is 1. The molecular weight excluding hydrogens is 358 g/mol. The molecule has 1 amide bonds. The molecular formula is C21H17N3O2S. The molecule has 2 aromatic heterocycles. The number of nitrogens with one attached hydrogen (secondary N) is 1. The van der Waals surface area contributed by atoms with Crippen molar-refractivity contribution in [3.05, 3.63) is 94.8 Å². The molecule has 0 atom stereocenters. The van der Waals surface area contributed by atoms with Crippen LogP contribution in [0.2, 0.25) is 0 Å². The molecule has 0 spiro atoms. The van der Waals surface area contributed by atoms with Crippen molar-refractivity contribution < 1.29 is 9.53 Å². The minimum Gasteiger partial charge on any atom is -0.488 e. The fraction of sp³-hybridized carbons (Fsp3) is 0.0476. The Morgan fingerprint density at radius 1 is 1.04 bits per heavy atom. The summed E-state index contributed by atoms with van der Waals surface area (Å²) in [4.78, 5) is 13.7. The van der Waals surface area contributed by atoms with E-state index in [0.717, 1.165) is 10.6 Å². The van der Waals surface area contributed by atoms with Gasteiger partial charge in [-0.25, -0.2) is 4.68 Å². The first-order chi connectivity index (χ1) is 13.3. The summed E-state index contributed by atoms with van der Waals surface area (Å²) in [7, 11) is 0. The molecule has 0 unspecified atom stereocenters.